The summed E-state index contributed by atoms with van der Waals surface area (Å²) in [5.41, 5.74) is 0.446. The highest BCUT2D eigenvalue weighted by Crippen LogP contribution is 2.29. The van der Waals surface area contributed by atoms with E-state index in [2.05, 4.69) is 10.6 Å². The van der Waals surface area contributed by atoms with E-state index in [-0.39, 0.29) is 23.7 Å². The van der Waals surface area contributed by atoms with E-state index in [1.54, 1.807) is 12.1 Å². The van der Waals surface area contributed by atoms with E-state index in [4.69, 9.17) is 0 Å². The summed E-state index contributed by atoms with van der Waals surface area (Å²) in [6.45, 7) is 7.39. The van der Waals surface area contributed by atoms with Gasteiger partial charge in [-0.3, -0.25) is 9.59 Å². The Bertz CT molecular complexity index is 578. The monoisotopic (exact) mass is 336 g/mol. The van der Waals surface area contributed by atoms with Gasteiger partial charge in [-0.05, 0) is 31.5 Å². The Labute approximate surface area is 142 Å². The maximum Gasteiger partial charge on any atom is 0.275 e. The Hall–Kier alpha value is -1.95. The lowest BCUT2D eigenvalue weighted by Gasteiger charge is -2.40. The van der Waals surface area contributed by atoms with Crippen LogP contribution >= 0.6 is 0 Å². The SMILES string of the molecule is CC(=O)NC1(c2ccc(F)cc2)CC[NH+](CC(=O)NC(C)C)CC1. The van der Waals surface area contributed by atoms with Gasteiger partial charge >= 0.3 is 0 Å². The van der Waals surface area contributed by atoms with Crippen molar-refractivity contribution in [3.8, 4) is 0 Å². The van der Waals surface area contributed by atoms with E-state index >= 15 is 0 Å². The molecule has 2 amide bonds. The van der Waals surface area contributed by atoms with E-state index in [0.717, 1.165) is 31.5 Å². The molecule has 0 atom stereocenters. The highest BCUT2D eigenvalue weighted by Gasteiger charge is 2.39. The molecule has 0 spiro atoms. The zero-order chi connectivity index (χ0) is 17.7. The second-order valence-electron chi connectivity index (χ2n) is 6.92. The van der Waals surface area contributed by atoms with Crippen molar-refractivity contribution in [2.45, 2.75) is 45.2 Å². The Kier molecular flexibility index (Phi) is 5.94. The fourth-order valence-corrected chi connectivity index (χ4v) is 3.40. The van der Waals surface area contributed by atoms with Crippen LogP contribution in [0.2, 0.25) is 0 Å². The van der Waals surface area contributed by atoms with Crippen LogP contribution in [0, 0.1) is 5.82 Å². The average Bonchev–Trinajstić information content (AvgIpc) is 2.48. The van der Waals surface area contributed by atoms with Gasteiger partial charge in [-0.2, -0.15) is 0 Å². The molecule has 132 valence electrons. The standard InChI is InChI=1S/C18H26FN3O2/c1-13(2)20-17(24)12-22-10-8-18(9-11-22,21-14(3)23)15-4-6-16(19)7-5-15/h4-7,13H,8-12H2,1-3H3,(H,20,24)(H,21,23)/p+1. The van der Waals surface area contributed by atoms with Crippen LogP contribution in [0.4, 0.5) is 4.39 Å². The molecule has 0 unspecified atom stereocenters. The maximum atomic E-state index is 13.2. The Morgan fingerprint density at radius 3 is 2.29 bits per heavy atom. The summed E-state index contributed by atoms with van der Waals surface area (Å²) in [5.74, 6) is -0.334. The quantitative estimate of drug-likeness (QED) is 0.727. The number of hydrogen-bond acceptors (Lipinski definition) is 2. The Balaban J connectivity index is 2.06. The molecule has 1 aliphatic rings. The summed E-state index contributed by atoms with van der Waals surface area (Å²) in [7, 11) is 0. The molecule has 1 aromatic rings. The van der Waals surface area contributed by atoms with Crippen molar-refractivity contribution in [2.75, 3.05) is 19.6 Å². The van der Waals surface area contributed by atoms with Crippen LogP contribution in [0.15, 0.2) is 24.3 Å². The average molecular weight is 336 g/mol. The van der Waals surface area contributed by atoms with Gasteiger partial charge in [0, 0.05) is 25.8 Å². The highest BCUT2D eigenvalue weighted by atomic mass is 19.1. The summed E-state index contributed by atoms with van der Waals surface area (Å²) < 4.78 is 13.2. The van der Waals surface area contributed by atoms with Crippen molar-refractivity contribution in [3.05, 3.63) is 35.6 Å². The molecule has 0 bridgehead atoms. The van der Waals surface area contributed by atoms with Crippen LogP contribution in [0.5, 0.6) is 0 Å². The summed E-state index contributed by atoms with van der Waals surface area (Å²) in [6, 6.07) is 6.46. The highest BCUT2D eigenvalue weighted by molar-refractivity contribution is 5.77. The lowest BCUT2D eigenvalue weighted by Crippen LogP contribution is -3.14. The molecular formula is C18H27FN3O2+. The first-order chi connectivity index (χ1) is 11.3. The molecule has 0 aliphatic carbocycles. The van der Waals surface area contributed by atoms with E-state index in [1.165, 1.54) is 24.0 Å². The smallest absolute Gasteiger partial charge is 0.275 e. The van der Waals surface area contributed by atoms with E-state index < -0.39 is 5.54 Å². The van der Waals surface area contributed by atoms with E-state index in [0.29, 0.717) is 6.54 Å². The van der Waals surface area contributed by atoms with Gasteiger partial charge in [0.1, 0.15) is 5.82 Å². The van der Waals surface area contributed by atoms with Crippen molar-refractivity contribution >= 4 is 11.8 Å². The first-order valence-corrected chi connectivity index (χ1v) is 8.48. The minimum atomic E-state index is -0.475. The molecule has 2 rings (SSSR count). The van der Waals surface area contributed by atoms with E-state index in [1.807, 2.05) is 13.8 Å². The normalized spacial score (nSPS) is 23.8. The zero-order valence-corrected chi connectivity index (χ0v) is 14.6. The predicted molar refractivity (Wildman–Crippen MR) is 90.0 cm³/mol. The fourth-order valence-electron chi connectivity index (χ4n) is 3.40. The number of benzene rings is 1. The fraction of sp³-hybridized carbons (Fsp3) is 0.556. The van der Waals surface area contributed by atoms with Crippen LogP contribution in [0.25, 0.3) is 0 Å². The largest absolute Gasteiger partial charge is 0.349 e. The molecule has 0 saturated carbocycles. The van der Waals surface area contributed by atoms with Crippen molar-refractivity contribution in [1.29, 1.82) is 0 Å². The minimum absolute atomic E-state index is 0.0498. The predicted octanol–water partition coefficient (Wildman–Crippen LogP) is 0.360. The van der Waals surface area contributed by atoms with Crippen LogP contribution in [-0.2, 0) is 15.1 Å². The molecule has 1 fully saturated rings. The number of halogens is 1. The number of nitrogens with one attached hydrogen (secondary N) is 3. The number of amides is 2. The first-order valence-electron chi connectivity index (χ1n) is 8.48. The molecule has 3 N–H and O–H groups in total. The van der Waals surface area contributed by atoms with Crippen molar-refractivity contribution < 1.29 is 18.9 Å². The van der Waals surface area contributed by atoms with Crippen molar-refractivity contribution in [2.24, 2.45) is 0 Å². The Morgan fingerprint density at radius 2 is 1.79 bits per heavy atom. The molecule has 1 saturated heterocycles. The maximum absolute atomic E-state index is 13.2. The number of carbonyl (C=O) groups excluding carboxylic acids is 2. The molecule has 6 heteroatoms. The van der Waals surface area contributed by atoms with E-state index in [9.17, 15) is 14.0 Å². The van der Waals surface area contributed by atoms with Gasteiger partial charge in [0.05, 0.1) is 18.6 Å². The second-order valence-corrected chi connectivity index (χ2v) is 6.92. The van der Waals surface area contributed by atoms with Gasteiger partial charge in [-0.15, -0.1) is 0 Å². The number of likely N-dealkylation sites (tertiary alicyclic amines) is 1. The van der Waals surface area contributed by atoms with Crippen LogP contribution in [0.1, 0.15) is 39.2 Å². The van der Waals surface area contributed by atoms with Gasteiger partial charge in [0.15, 0.2) is 6.54 Å². The zero-order valence-electron chi connectivity index (χ0n) is 14.6. The van der Waals surface area contributed by atoms with Crippen LogP contribution in [-0.4, -0.2) is 37.5 Å². The topological polar surface area (TPSA) is 62.6 Å². The molecule has 0 radical (unpaired) electrons. The lowest BCUT2D eigenvalue weighted by atomic mass is 9.80. The molecule has 24 heavy (non-hydrogen) atoms. The number of hydrogen-bond donors (Lipinski definition) is 3. The van der Waals surface area contributed by atoms with Gasteiger partial charge < -0.3 is 15.5 Å². The minimum Gasteiger partial charge on any atom is -0.349 e. The molecule has 0 aromatic heterocycles. The van der Waals surface area contributed by atoms with Crippen LogP contribution < -0.4 is 15.5 Å². The van der Waals surface area contributed by atoms with Gasteiger partial charge in [0.2, 0.25) is 5.91 Å². The Morgan fingerprint density at radius 1 is 1.21 bits per heavy atom. The number of rotatable bonds is 5. The van der Waals surface area contributed by atoms with Crippen molar-refractivity contribution in [3.63, 3.8) is 0 Å². The first kappa shape index (κ1) is 18.4. The third-order valence-electron chi connectivity index (χ3n) is 4.48. The summed E-state index contributed by atoms with van der Waals surface area (Å²) in [6.07, 6.45) is 1.45. The summed E-state index contributed by atoms with van der Waals surface area (Å²) >= 11 is 0. The lowest BCUT2D eigenvalue weighted by molar-refractivity contribution is -0.898. The number of carbonyl (C=O) groups is 2. The molecule has 1 aromatic carbocycles. The second kappa shape index (κ2) is 7.75. The molecule has 1 heterocycles. The molecule has 5 nitrogen and oxygen atoms in total. The third kappa shape index (κ3) is 4.77. The van der Waals surface area contributed by atoms with Crippen LogP contribution in [0.3, 0.4) is 0 Å². The molecular weight excluding hydrogens is 309 g/mol. The molecule has 1 aliphatic heterocycles. The summed E-state index contributed by atoms with van der Waals surface area (Å²) in [5, 5.41) is 5.97. The summed E-state index contributed by atoms with van der Waals surface area (Å²) in [4.78, 5) is 24.8. The number of piperidine rings is 1. The van der Waals surface area contributed by atoms with Crippen molar-refractivity contribution in [1.82, 2.24) is 10.6 Å². The van der Waals surface area contributed by atoms with Gasteiger partial charge in [0.25, 0.3) is 5.91 Å². The van der Waals surface area contributed by atoms with Gasteiger partial charge in [-0.1, -0.05) is 12.1 Å². The third-order valence-corrected chi connectivity index (χ3v) is 4.48. The number of quaternary nitrogens is 1. The van der Waals surface area contributed by atoms with Gasteiger partial charge in [-0.25, -0.2) is 4.39 Å².